The maximum Gasteiger partial charge on any atom is 0.255 e. The molecule has 1 fully saturated rings. The monoisotopic (exact) mass is 330 g/mol. The fraction of sp³-hybridized carbons (Fsp3) is 0.500. The van der Waals surface area contributed by atoms with Crippen LogP contribution < -0.4 is 10.2 Å². The second-order valence-corrected chi connectivity index (χ2v) is 5.94. The van der Waals surface area contributed by atoms with E-state index in [0.717, 1.165) is 12.2 Å². The van der Waals surface area contributed by atoms with Crippen LogP contribution >= 0.6 is 0 Å². The predicted octanol–water partition coefficient (Wildman–Crippen LogP) is 0.229. The Morgan fingerprint density at radius 1 is 1.38 bits per heavy atom. The van der Waals surface area contributed by atoms with Crippen LogP contribution in [0.5, 0.6) is 0 Å². The number of carbonyl (C=O) groups is 1. The first-order chi connectivity index (χ1) is 11.6. The van der Waals surface area contributed by atoms with Crippen LogP contribution in [0.25, 0.3) is 0 Å². The summed E-state index contributed by atoms with van der Waals surface area (Å²) in [4.78, 5) is 23.0. The molecule has 1 amide bonds. The molecule has 3 heterocycles. The van der Waals surface area contributed by atoms with E-state index in [1.54, 1.807) is 29.3 Å². The number of hydrogen-bond donors (Lipinski definition) is 2. The summed E-state index contributed by atoms with van der Waals surface area (Å²) in [6.45, 7) is 5.77. The summed E-state index contributed by atoms with van der Waals surface area (Å²) in [6.07, 6.45) is 4.96. The summed E-state index contributed by atoms with van der Waals surface area (Å²) in [5.41, 5.74) is 1.42. The number of anilines is 1. The normalized spacial score (nSPS) is 20.4. The van der Waals surface area contributed by atoms with E-state index >= 15 is 0 Å². The van der Waals surface area contributed by atoms with Gasteiger partial charge in [-0.2, -0.15) is 5.10 Å². The molecule has 2 aromatic rings. The van der Waals surface area contributed by atoms with Gasteiger partial charge < -0.3 is 15.3 Å². The fourth-order valence-corrected chi connectivity index (χ4v) is 3.07. The van der Waals surface area contributed by atoms with Gasteiger partial charge in [-0.3, -0.25) is 9.48 Å². The molecule has 8 nitrogen and oxygen atoms in total. The van der Waals surface area contributed by atoms with Gasteiger partial charge in [-0.1, -0.05) is 0 Å². The number of nitrogens with one attached hydrogen (secondary N) is 1. The van der Waals surface area contributed by atoms with Crippen molar-refractivity contribution in [3.63, 3.8) is 0 Å². The van der Waals surface area contributed by atoms with Gasteiger partial charge in [-0.05, 0) is 19.9 Å². The Labute approximate surface area is 140 Å². The summed E-state index contributed by atoms with van der Waals surface area (Å²) in [7, 11) is 0. The van der Waals surface area contributed by atoms with Gasteiger partial charge in [-0.25, -0.2) is 9.97 Å². The Kier molecular flexibility index (Phi) is 4.75. The van der Waals surface area contributed by atoms with E-state index in [2.05, 4.69) is 20.4 Å². The third-order valence-corrected chi connectivity index (χ3v) is 4.47. The van der Waals surface area contributed by atoms with Crippen molar-refractivity contribution >= 4 is 11.9 Å². The number of aromatic nitrogens is 4. The molecule has 24 heavy (non-hydrogen) atoms. The number of carbonyl (C=O) groups excluding carboxylic acids is 1. The highest BCUT2D eigenvalue weighted by Crippen LogP contribution is 2.21. The first-order valence-electron chi connectivity index (χ1n) is 8.10. The third kappa shape index (κ3) is 3.09. The second kappa shape index (κ2) is 6.96. The van der Waals surface area contributed by atoms with Crippen LogP contribution in [0.2, 0.25) is 0 Å². The Morgan fingerprint density at radius 3 is 2.75 bits per heavy atom. The molecule has 1 saturated heterocycles. The highest BCUT2D eigenvalue weighted by molar-refractivity contribution is 5.95. The zero-order chi connectivity index (χ0) is 17.1. The van der Waals surface area contributed by atoms with Crippen LogP contribution in [0.4, 0.5) is 5.95 Å². The molecule has 0 aliphatic carbocycles. The van der Waals surface area contributed by atoms with Gasteiger partial charge in [0, 0.05) is 50.2 Å². The van der Waals surface area contributed by atoms with E-state index in [1.807, 2.05) is 18.7 Å². The summed E-state index contributed by atoms with van der Waals surface area (Å²) in [6, 6.07) is 1.60. The molecule has 0 radical (unpaired) electrons. The zero-order valence-electron chi connectivity index (χ0n) is 13.9. The second-order valence-electron chi connectivity index (χ2n) is 5.94. The van der Waals surface area contributed by atoms with Gasteiger partial charge >= 0.3 is 0 Å². The van der Waals surface area contributed by atoms with Gasteiger partial charge in [0.15, 0.2) is 0 Å². The lowest BCUT2D eigenvalue weighted by atomic mass is 10.0. The highest BCUT2D eigenvalue weighted by atomic mass is 16.3. The van der Waals surface area contributed by atoms with Crippen molar-refractivity contribution in [3.05, 3.63) is 35.9 Å². The highest BCUT2D eigenvalue weighted by Gasteiger charge is 2.35. The molecule has 128 valence electrons. The van der Waals surface area contributed by atoms with Crippen molar-refractivity contribution in [1.82, 2.24) is 25.1 Å². The van der Waals surface area contributed by atoms with Gasteiger partial charge in [0.2, 0.25) is 5.95 Å². The quantitative estimate of drug-likeness (QED) is 0.815. The van der Waals surface area contributed by atoms with Crippen molar-refractivity contribution in [2.24, 2.45) is 5.92 Å². The summed E-state index contributed by atoms with van der Waals surface area (Å²) < 4.78 is 1.79. The Morgan fingerprint density at radius 2 is 2.12 bits per heavy atom. The standard InChI is InChI=1S/C16H22N6O2/c1-3-22-11(2)13(7-19-22)15(24)20-14-9-21(8-12(14)10-23)16-17-5-4-6-18-16/h4-7,12,14,23H,3,8-10H2,1-2H3,(H,20,24)/t12-,14+/m0/s1. The van der Waals surface area contributed by atoms with Crippen LogP contribution in [-0.2, 0) is 6.54 Å². The molecule has 1 aliphatic heterocycles. The van der Waals surface area contributed by atoms with Crippen LogP contribution in [0, 0.1) is 12.8 Å². The fourth-order valence-electron chi connectivity index (χ4n) is 3.07. The number of hydrogen-bond acceptors (Lipinski definition) is 6. The lowest BCUT2D eigenvalue weighted by Crippen LogP contribution is -2.41. The van der Waals surface area contributed by atoms with Gasteiger partial charge in [0.05, 0.1) is 17.8 Å². The van der Waals surface area contributed by atoms with Gasteiger partial charge in [0.25, 0.3) is 5.91 Å². The van der Waals surface area contributed by atoms with Crippen LogP contribution in [0.15, 0.2) is 24.7 Å². The van der Waals surface area contributed by atoms with Crippen molar-refractivity contribution in [2.75, 3.05) is 24.6 Å². The molecule has 0 saturated carbocycles. The molecule has 2 N–H and O–H groups in total. The summed E-state index contributed by atoms with van der Waals surface area (Å²) in [5.74, 6) is 0.397. The number of nitrogens with zero attached hydrogens (tertiary/aromatic N) is 5. The molecule has 0 spiro atoms. The maximum atomic E-state index is 12.6. The third-order valence-electron chi connectivity index (χ3n) is 4.47. The molecular formula is C16H22N6O2. The summed E-state index contributed by atoms with van der Waals surface area (Å²) >= 11 is 0. The smallest absolute Gasteiger partial charge is 0.255 e. The Hall–Kier alpha value is -2.48. The number of aliphatic hydroxyl groups is 1. The molecule has 1 aliphatic rings. The minimum absolute atomic E-state index is 0.00147. The minimum Gasteiger partial charge on any atom is -0.396 e. The van der Waals surface area contributed by atoms with Crippen molar-refractivity contribution in [3.8, 4) is 0 Å². The Balaban J connectivity index is 1.71. The number of amides is 1. The van der Waals surface area contributed by atoms with E-state index in [4.69, 9.17) is 0 Å². The van der Waals surface area contributed by atoms with Crippen molar-refractivity contribution in [2.45, 2.75) is 26.4 Å². The SMILES string of the molecule is CCn1ncc(C(=O)N[C@@H]2CN(c3ncccn3)C[C@H]2CO)c1C. The topological polar surface area (TPSA) is 96.2 Å². The van der Waals surface area contributed by atoms with Gasteiger partial charge in [-0.15, -0.1) is 0 Å². The van der Waals surface area contributed by atoms with Crippen LogP contribution in [-0.4, -0.2) is 56.5 Å². The van der Waals surface area contributed by atoms with E-state index in [0.29, 0.717) is 24.6 Å². The molecule has 0 unspecified atom stereocenters. The molecule has 0 aromatic carbocycles. The van der Waals surface area contributed by atoms with E-state index in [9.17, 15) is 9.90 Å². The van der Waals surface area contributed by atoms with Crippen molar-refractivity contribution < 1.29 is 9.90 Å². The maximum absolute atomic E-state index is 12.6. The molecule has 0 bridgehead atoms. The first-order valence-corrected chi connectivity index (χ1v) is 8.10. The van der Waals surface area contributed by atoms with Crippen molar-refractivity contribution in [1.29, 1.82) is 0 Å². The predicted molar refractivity (Wildman–Crippen MR) is 88.7 cm³/mol. The van der Waals surface area contributed by atoms with E-state index in [-0.39, 0.29) is 24.5 Å². The number of aliphatic hydroxyl groups excluding tert-OH is 1. The average Bonchev–Trinajstić information content (AvgIpc) is 3.18. The minimum atomic E-state index is -0.161. The largest absolute Gasteiger partial charge is 0.396 e. The van der Waals surface area contributed by atoms with Gasteiger partial charge in [0.1, 0.15) is 0 Å². The molecular weight excluding hydrogens is 308 g/mol. The molecule has 2 atom stereocenters. The Bertz CT molecular complexity index is 702. The van der Waals surface area contributed by atoms with Crippen LogP contribution in [0.3, 0.4) is 0 Å². The average molecular weight is 330 g/mol. The molecule has 2 aromatic heterocycles. The summed E-state index contributed by atoms with van der Waals surface area (Å²) in [5, 5.41) is 16.9. The lowest BCUT2D eigenvalue weighted by molar-refractivity contribution is 0.0921. The van der Waals surface area contributed by atoms with E-state index in [1.165, 1.54) is 0 Å². The molecule has 3 rings (SSSR count). The van der Waals surface area contributed by atoms with E-state index < -0.39 is 0 Å². The number of aryl methyl sites for hydroxylation is 1. The van der Waals surface area contributed by atoms with Crippen LogP contribution in [0.1, 0.15) is 23.0 Å². The zero-order valence-corrected chi connectivity index (χ0v) is 13.9. The first kappa shape index (κ1) is 16.4. The molecule has 8 heteroatoms. The lowest BCUT2D eigenvalue weighted by Gasteiger charge is -2.17. The number of rotatable bonds is 5.